The van der Waals surface area contributed by atoms with Crippen molar-refractivity contribution >= 4 is 22.7 Å². The van der Waals surface area contributed by atoms with E-state index in [0.29, 0.717) is 24.2 Å². The lowest BCUT2D eigenvalue weighted by Crippen LogP contribution is -2.14. The van der Waals surface area contributed by atoms with Gasteiger partial charge in [0.1, 0.15) is 0 Å². The second-order valence-corrected chi connectivity index (χ2v) is 5.15. The van der Waals surface area contributed by atoms with Crippen LogP contribution in [0, 0.1) is 0 Å². The summed E-state index contributed by atoms with van der Waals surface area (Å²) in [6.45, 7) is 3.39. The van der Waals surface area contributed by atoms with Gasteiger partial charge in [-0.15, -0.1) is 0 Å². The Labute approximate surface area is 109 Å². The first-order chi connectivity index (χ1) is 8.65. The van der Waals surface area contributed by atoms with Gasteiger partial charge in [-0.3, -0.25) is 4.21 Å². The molecule has 7 nitrogen and oxygen atoms in total. The van der Waals surface area contributed by atoms with Gasteiger partial charge in [-0.1, -0.05) is 6.92 Å². The molecule has 0 aliphatic carbocycles. The van der Waals surface area contributed by atoms with Gasteiger partial charge in [0.2, 0.25) is 11.9 Å². The van der Waals surface area contributed by atoms with Gasteiger partial charge >= 0.3 is 6.01 Å². The molecule has 0 saturated carbocycles. The smallest absolute Gasteiger partial charge is 0.322 e. The lowest BCUT2D eigenvalue weighted by atomic mass is 10.5. The van der Waals surface area contributed by atoms with Crippen LogP contribution in [0.25, 0.3) is 0 Å². The molecule has 0 radical (unpaired) electrons. The van der Waals surface area contributed by atoms with Crippen LogP contribution < -0.4 is 15.4 Å². The fourth-order valence-electron chi connectivity index (χ4n) is 1.15. The summed E-state index contributed by atoms with van der Waals surface area (Å²) in [4.78, 5) is 12.3. The average Bonchev–Trinajstić information content (AvgIpc) is 2.35. The highest BCUT2D eigenvalue weighted by atomic mass is 32.2. The molecule has 1 atom stereocenters. The largest absolute Gasteiger partial charge is 0.467 e. The summed E-state index contributed by atoms with van der Waals surface area (Å²) in [5.74, 6) is 1.45. The Kier molecular flexibility index (Phi) is 6.34. The lowest BCUT2D eigenvalue weighted by molar-refractivity contribution is 0.379. The standard InChI is InChI=1S/C10H19N5O2S/c1-4-5-11-8-13-9(12-6-7-18(3)16)15-10(14-8)17-2/h4-7H2,1-3H3,(H2,11,12,13,14,15). The highest BCUT2D eigenvalue weighted by molar-refractivity contribution is 7.84. The lowest BCUT2D eigenvalue weighted by Gasteiger charge is -2.08. The number of methoxy groups -OCH3 is 1. The minimum absolute atomic E-state index is 0.253. The van der Waals surface area contributed by atoms with Crippen LogP contribution in [0.5, 0.6) is 6.01 Å². The molecule has 0 aromatic carbocycles. The van der Waals surface area contributed by atoms with E-state index >= 15 is 0 Å². The number of anilines is 2. The fraction of sp³-hybridized carbons (Fsp3) is 0.700. The van der Waals surface area contributed by atoms with Gasteiger partial charge < -0.3 is 15.4 Å². The van der Waals surface area contributed by atoms with Crippen molar-refractivity contribution in [3.05, 3.63) is 0 Å². The van der Waals surface area contributed by atoms with Crippen LogP contribution in [0.1, 0.15) is 13.3 Å². The zero-order valence-corrected chi connectivity index (χ0v) is 11.7. The molecule has 1 unspecified atom stereocenters. The maximum atomic E-state index is 10.9. The molecule has 0 amide bonds. The minimum Gasteiger partial charge on any atom is -0.467 e. The molecule has 2 N–H and O–H groups in total. The van der Waals surface area contributed by atoms with E-state index in [2.05, 4.69) is 32.5 Å². The fourth-order valence-corrected chi connectivity index (χ4v) is 1.54. The summed E-state index contributed by atoms with van der Waals surface area (Å²) in [6, 6.07) is 0.253. The van der Waals surface area contributed by atoms with Gasteiger partial charge in [0.05, 0.1) is 7.11 Å². The number of aromatic nitrogens is 3. The maximum absolute atomic E-state index is 10.9. The quantitative estimate of drug-likeness (QED) is 0.712. The van der Waals surface area contributed by atoms with Gasteiger partial charge in [-0.2, -0.15) is 15.0 Å². The summed E-state index contributed by atoms with van der Waals surface area (Å²) in [7, 11) is 0.667. The van der Waals surface area contributed by atoms with Crippen LogP contribution in [-0.2, 0) is 10.8 Å². The molecule has 1 heterocycles. The number of rotatable bonds is 8. The molecule has 1 aromatic heterocycles. The minimum atomic E-state index is -0.837. The second-order valence-electron chi connectivity index (χ2n) is 3.60. The Hall–Kier alpha value is -1.44. The van der Waals surface area contributed by atoms with E-state index in [-0.39, 0.29) is 6.01 Å². The predicted molar refractivity (Wildman–Crippen MR) is 72.6 cm³/mol. The van der Waals surface area contributed by atoms with Crippen molar-refractivity contribution < 1.29 is 8.95 Å². The van der Waals surface area contributed by atoms with Crippen molar-refractivity contribution in [1.29, 1.82) is 0 Å². The SMILES string of the molecule is CCCNc1nc(NCCS(C)=O)nc(OC)n1. The van der Waals surface area contributed by atoms with Crippen LogP contribution in [0.4, 0.5) is 11.9 Å². The summed E-state index contributed by atoms with van der Waals surface area (Å²) < 4.78 is 15.9. The maximum Gasteiger partial charge on any atom is 0.322 e. The monoisotopic (exact) mass is 273 g/mol. The molecule has 0 saturated heterocycles. The third kappa shape index (κ3) is 5.26. The molecule has 1 rings (SSSR count). The van der Waals surface area contributed by atoms with E-state index in [4.69, 9.17) is 4.74 Å². The summed E-state index contributed by atoms with van der Waals surface area (Å²) in [5, 5.41) is 6.06. The Morgan fingerprint density at radius 1 is 1.17 bits per heavy atom. The zero-order chi connectivity index (χ0) is 13.4. The van der Waals surface area contributed by atoms with Crippen LogP contribution in [0.2, 0.25) is 0 Å². The molecular formula is C10H19N5O2S. The van der Waals surface area contributed by atoms with Crippen molar-refractivity contribution in [1.82, 2.24) is 15.0 Å². The van der Waals surface area contributed by atoms with Crippen molar-refractivity contribution in [2.24, 2.45) is 0 Å². The first kappa shape index (κ1) is 14.6. The van der Waals surface area contributed by atoms with Crippen LogP contribution >= 0.6 is 0 Å². The number of nitrogens with zero attached hydrogens (tertiary/aromatic N) is 3. The van der Waals surface area contributed by atoms with Crippen molar-refractivity contribution in [2.75, 3.05) is 42.8 Å². The van der Waals surface area contributed by atoms with Crippen molar-refractivity contribution in [2.45, 2.75) is 13.3 Å². The van der Waals surface area contributed by atoms with E-state index in [1.807, 2.05) is 0 Å². The Balaban J connectivity index is 2.67. The molecule has 8 heteroatoms. The third-order valence-electron chi connectivity index (χ3n) is 2.00. The molecule has 0 aliphatic rings. The van der Waals surface area contributed by atoms with Crippen LogP contribution in [0.15, 0.2) is 0 Å². The van der Waals surface area contributed by atoms with E-state index in [0.717, 1.165) is 13.0 Å². The summed E-state index contributed by atoms with van der Waals surface area (Å²) in [5.41, 5.74) is 0. The van der Waals surface area contributed by atoms with Gasteiger partial charge in [0, 0.05) is 35.9 Å². The third-order valence-corrected chi connectivity index (χ3v) is 2.78. The van der Waals surface area contributed by atoms with Crippen molar-refractivity contribution in [3.63, 3.8) is 0 Å². The van der Waals surface area contributed by atoms with Gasteiger partial charge in [0.25, 0.3) is 0 Å². The molecule has 1 aromatic rings. The van der Waals surface area contributed by atoms with E-state index in [1.54, 1.807) is 6.26 Å². The second kappa shape index (κ2) is 7.80. The normalized spacial score (nSPS) is 11.9. The van der Waals surface area contributed by atoms with Gasteiger partial charge in [-0.05, 0) is 6.42 Å². The molecular weight excluding hydrogens is 254 g/mol. The number of ether oxygens (including phenoxy) is 1. The first-order valence-corrected chi connectivity index (χ1v) is 7.46. The molecule has 0 aliphatic heterocycles. The topological polar surface area (TPSA) is 89.0 Å². The Bertz CT molecular complexity index is 402. The molecule has 0 bridgehead atoms. The van der Waals surface area contributed by atoms with E-state index in [9.17, 15) is 4.21 Å². The summed E-state index contributed by atoms with van der Waals surface area (Å²) >= 11 is 0. The zero-order valence-electron chi connectivity index (χ0n) is 10.9. The summed E-state index contributed by atoms with van der Waals surface area (Å²) in [6.07, 6.45) is 2.63. The molecule has 18 heavy (non-hydrogen) atoms. The van der Waals surface area contributed by atoms with E-state index in [1.165, 1.54) is 7.11 Å². The molecule has 0 spiro atoms. The Morgan fingerprint density at radius 3 is 2.28 bits per heavy atom. The predicted octanol–water partition coefficient (Wildman–Crippen LogP) is 0.492. The Morgan fingerprint density at radius 2 is 1.78 bits per heavy atom. The number of nitrogens with one attached hydrogen (secondary N) is 2. The molecule has 0 fully saturated rings. The number of hydrogen-bond donors (Lipinski definition) is 2. The van der Waals surface area contributed by atoms with Crippen LogP contribution in [-0.4, -0.2) is 51.4 Å². The van der Waals surface area contributed by atoms with Crippen LogP contribution in [0.3, 0.4) is 0 Å². The average molecular weight is 273 g/mol. The highest BCUT2D eigenvalue weighted by Gasteiger charge is 2.06. The molecule has 102 valence electrons. The number of hydrogen-bond acceptors (Lipinski definition) is 7. The van der Waals surface area contributed by atoms with Gasteiger partial charge in [0.15, 0.2) is 0 Å². The first-order valence-electron chi connectivity index (χ1n) is 5.73. The van der Waals surface area contributed by atoms with E-state index < -0.39 is 10.8 Å². The van der Waals surface area contributed by atoms with Crippen molar-refractivity contribution in [3.8, 4) is 6.01 Å². The highest BCUT2D eigenvalue weighted by Crippen LogP contribution is 2.10. The van der Waals surface area contributed by atoms with Gasteiger partial charge in [-0.25, -0.2) is 0 Å².